The van der Waals surface area contributed by atoms with Gasteiger partial charge in [0.15, 0.2) is 0 Å². The minimum Gasteiger partial charge on any atom is -0.384 e. The number of hydrogen-bond donors (Lipinski definition) is 1. The molecule has 2 nitrogen and oxygen atoms in total. The number of aryl methyl sites for hydroxylation is 1. The van der Waals surface area contributed by atoms with Crippen molar-refractivity contribution >= 4 is 11.5 Å². The van der Waals surface area contributed by atoms with Gasteiger partial charge in [-0.25, -0.2) is 0 Å². The van der Waals surface area contributed by atoms with E-state index in [1.807, 2.05) is 30.3 Å². The molecule has 1 N–H and O–H groups in total. The van der Waals surface area contributed by atoms with Crippen molar-refractivity contribution in [1.82, 2.24) is 0 Å². The Morgan fingerprint density at radius 1 is 1.15 bits per heavy atom. The van der Waals surface area contributed by atoms with Crippen LogP contribution in [-0.2, 0) is 11.2 Å². The first kappa shape index (κ1) is 12.9. The topological polar surface area (TPSA) is 29.1 Å². The zero-order chi connectivity index (χ0) is 13.9. The van der Waals surface area contributed by atoms with Gasteiger partial charge in [-0.15, -0.1) is 0 Å². The molecular weight excluding hydrogens is 246 g/mol. The molecule has 0 bridgehead atoms. The second kappa shape index (κ2) is 5.49. The van der Waals surface area contributed by atoms with Gasteiger partial charge in [0.05, 0.1) is 0 Å². The summed E-state index contributed by atoms with van der Waals surface area (Å²) >= 11 is 0. The third-order valence-electron chi connectivity index (χ3n) is 4.06. The van der Waals surface area contributed by atoms with Crippen LogP contribution in [-0.4, -0.2) is 12.3 Å². The minimum absolute atomic E-state index is 0.322. The van der Waals surface area contributed by atoms with Crippen molar-refractivity contribution < 1.29 is 4.79 Å². The van der Waals surface area contributed by atoms with Crippen LogP contribution in [0.5, 0.6) is 0 Å². The van der Waals surface area contributed by atoms with Crippen molar-refractivity contribution in [2.75, 3.05) is 11.9 Å². The van der Waals surface area contributed by atoms with Crippen LogP contribution in [0.4, 0.5) is 5.69 Å². The van der Waals surface area contributed by atoms with Crippen molar-refractivity contribution in [3.8, 4) is 0 Å². The number of anilines is 1. The molecule has 102 valence electrons. The number of ketones is 1. The van der Waals surface area contributed by atoms with Gasteiger partial charge < -0.3 is 5.32 Å². The van der Waals surface area contributed by atoms with E-state index in [1.54, 1.807) is 0 Å². The van der Waals surface area contributed by atoms with Gasteiger partial charge in [0.25, 0.3) is 0 Å². The molecule has 20 heavy (non-hydrogen) atoms. The van der Waals surface area contributed by atoms with Crippen LogP contribution in [0.15, 0.2) is 48.5 Å². The van der Waals surface area contributed by atoms with Crippen LogP contribution in [0, 0.1) is 6.92 Å². The summed E-state index contributed by atoms with van der Waals surface area (Å²) in [4.78, 5) is 12.3. The third-order valence-corrected chi connectivity index (χ3v) is 4.06. The lowest BCUT2D eigenvalue weighted by atomic mass is 9.92. The summed E-state index contributed by atoms with van der Waals surface area (Å²) < 4.78 is 0. The van der Waals surface area contributed by atoms with Gasteiger partial charge in [0.1, 0.15) is 5.78 Å². The molecule has 1 heterocycles. The highest BCUT2D eigenvalue weighted by molar-refractivity contribution is 5.82. The maximum absolute atomic E-state index is 12.3. The van der Waals surface area contributed by atoms with E-state index in [9.17, 15) is 4.79 Å². The highest BCUT2D eigenvalue weighted by atomic mass is 16.1. The van der Waals surface area contributed by atoms with E-state index in [-0.39, 0.29) is 0 Å². The lowest BCUT2D eigenvalue weighted by Gasteiger charge is -2.10. The Hall–Kier alpha value is -2.09. The Morgan fingerprint density at radius 2 is 1.90 bits per heavy atom. The van der Waals surface area contributed by atoms with Gasteiger partial charge >= 0.3 is 0 Å². The molecule has 0 fully saturated rings. The molecule has 0 amide bonds. The first-order valence-electron chi connectivity index (χ1n) is 7.13. The fraction of sp³-hybridized carbons (Fsp3) is 0.278. The Kier molecular flexibility index (Phi) is 3.55. The van der Waals surface area contributed by atoms with Gasteiger partial charge in [0, 0.05) is 31.0 Å². The summed E-state index contributed by atoms with van der Waals surface area (Å²) in [5.74, 6) is 0.644. The summed E-state index contributed by atoms with van der Waals surface area (Å²) in [6, 6.07) is 16.4. The molecule has 3 rings (SSSR count). The fourth-order valence-corrected chi connectivity index (χ4v) is 2.91. The predicted molar refractivity (Wildman–Crippen MR) is 82.2 cm³/mol. The first-order chi connectivity index (χ1) is 9.74. The zero-order valence-corrected chi connectivity index (χ0v) is 11.7. The van der Waals surface area contributed by atoms with Gasteiger partial charge in [0.2, 0.25) is 0 Å². The smallest absolute Gasteiger partial charge is 0.137 e. The van der Waals surface area contributed by atoms with Crippen molar-refractivity contribution in [2.45, 2.75) is 25.7 Å². The minimum atomic E-state index is 0.322. The average molecular weight is 265 g/mol. The molecule has 0 spiro atoms. The Balaban J connectivity index is 1.68. The SMILES string of the molecule is Cc1ccccc1CC(=O)CC1CNc2ccccc21. The van der Waals surface area contributed by atoms with E-state index in [1.165, 1.54) is 16.8 Å². The molecule has 0 saturated carbocycles. The van der Waals surface area contributed by atoms with Crippen LogP contribution < -0.4 is 5.32 Å². The van der Waals surface area contributed by atoms with Crippen LogP contribution >= 0.6 is 0 Å². The molecule has 0 aliphatic carbocycles. The zero-order valence-electron chi connectivity index (χ0n) is 11.7. The second-order valence-electron chi connectivity index (χ2n) is 5.51. The van der Waals surface area contributed by atoms with Crippen molar-refractivity contribution in [3.63, 3.8) is 0 Å². The first-order valence-corrected chi connectivity index (χ1v) is 7.13. The number of benzene rings is 2. The van der Waals surface area contributed by atoms with Gasteiger partial charge in [-0.05, 0) is 29.7 Å². The molecule has 0 saturated heterocycles. The standard InChI is InChI=1S/C18H19NO/c1-13-6-2-3-7-14(13)10-16(20)11-15-12-19-18-9-5-4-8-17(15)18/h2-9,15,19H,10-12H2,1H3. The third kappa shape index (κ3) is 2.60. The monoisotopic (exact) mass is 265 g/mol. The molecule has 0 radical (unpaired) electrons. The molecule has 1 atom stereocenters. The summed E-state index contributed by atoms with van der Waals surface area (Å²) in [5, 5.41) is 3.38. The average Bonchev–Trinajstić information content (AvgIpc) is 2.85. The summed E-state index contributed by atoms with van der Waals surface area (Å²) in [6.07, 6.45) is 1.17. The quantitative estimate of drug-likeness (QED) is 0.913. The molecule has 0 aromatic heterocycles. The van der Waals surface area contributed by atoms with E-state index in [2.05, 4.69) is 30.4 Å². The maximum Gasteiger partial charge on any atom is 0.137 e. The van der Waals surface area contributed by atoms with E-state index in [4.69, 9.17) is 0 Å². The molecular formula is C18H19NO. The number of carbonyl (C=O) groups is 1. The molecule has 1 aliphatic heterocycles. The van der Waals surface area contributed by atoms with E-state index < -0.39 is 0 Å². The van der Waals surface area contributed by atoms with Crippen LogP contribution in [0.2, 0.25) is 0 Å². The number of nitrogens with one attached hydrogen (secondary N) is 1. The van der Waals surface area contributed by atoms with Crippen molar-refractivity contribution in [3.05, 3.63) is 65.2 Å². The second-order valence-corrected chi connectivity index (χ2v) is 5.51. The predicted octanol–water partition coefficient (Wildman–Crippen LogP) is 3.71. The molecule has 2 heteroatoms. The number of rotatable bonds is 4. The number of para-hydroxylation sites is 1. The lowest BCUT2D eigenvalue weighted by Crippen LogP contribution is -2.11. The largest absolute Gasteiger partial charge is 0.384 e. The Labute approximate surface area is 119 Å². The fourth-order valence-electron chi connectivity index (χ4n) is 2.91. The van der Waals surface area contributed by atoms with Crippen molar-refractivity contribution in [2.24, 2.45) is 0 Å². The number of Topliss-reactive ketones (excluding diaryl/α,β-unsaturated/α-hetero) is 1. The van der Waals surface area contributed by atoms with Crippen molar-refractivity contribution in [1.29, 1.82) is 0 Å². The van der Waals surface area contributed by atoms with Crippen LogP contribution in [0.1, 0.15) is 29.0 Å². The normalized spacial score (nSPS) is 16.6. The van der Waals surface area contributed by atoms with E-state index in [0.717, 1.165) is 12.1 Å². The van der Waals surface area contributed by atoms with Crippen LogP contribution in [0.25, 0.3) is 0 Å². The van der Waals surface area contributed by atoms with E-state index >= 15 is 0 Å². The van der Waals surface area contributed by atoms with Gasteiger partial charge in [-0.2, -0.15) is 0 Å². The van der Waals surface area contributed by atoms with Gasteiger partial charge in [-0.3, -0.25) is 4.79 Å². The lowest BCUT2D eigenvalue weighted by molar-refractivity contribution is -0.118. The van der Waals surface area contributed by atoms with Crippen LogP contribution in [0.3, 0.4) is 0 Å². The summed E-state index contributed by atoms with van der Waals surface area (Å²) in [6.45, 7) is 2.94. The summed E-state index contributed by atoms with van der Waals surface area (Å²) in [7, 11) is 0. The molecule has 2 aromatic carbocycles. The molecule has 2 aromatic rings. The van der Waals surface area contributed by atoms with Gasteiger partial charge in [-0.1, -0.05) is 42.5 Å². The Bertz CT molecular complexity index is 633. The maximum atomic E-state index is 12.3. The number of hydrogen-bond acceptors (Lipinski definition) is 2. The Morgan fingerprint density at radius 3 is 2.75 bits per heavy atom. The molecule has 1 unspecified atom stereocenters. The highest BCUT2D eigenvalue weighted by Crippen LogP contribution is 2.33. The van der Waals surface area contributed by atoms with E-state index in [0.29, 0.717) is 24.5 Å². The molecule has 1 aliphatic rings. The number of fused-ring (bicyclic) bond motifs is 1. The highest BCUT2D eigenvalue weighted by Gasteiger charge is 2.23. The number of carbonyl (C=O) groups excluding carboxylic acids is 1. The summed E-state index contributed by atoms with van der Waals surface area (Å²) in [5.41, 5.74) is 4.81.